The van der Waals surface area contributed by atoms with Gasteiger partial charge in [-0.1, -0.05) is 52.3 Å². The number of hydrogen-bond acceptors (Lipinski definition) is 6. The Morgan fingerprint density at radius 1 is 1.06 bits per heavy atom. The molecule has 10 heteroatoms. The minimum atomic E-state index is -3.68. The summed E-state index contributed by atoms with van der Waals surface area (Å²) in [6.45, 7) is -0.0161. The van der Waals surface area contributed by atoms with Gasteiger partial charge in [-0.05, 0) is 47.5 Å². The molecule has 0 fully saturated rings. The molecule has 1 amide bonds. The average Bonchev–Trinajstić information content (AvgIpc) is 2.81. The lowest BCUT2D eigenvalue weighted by atomic mass is 10.2. The van der Waals surface area contributed by atoms with Crippen LogP contribution in [0.3, 0.4) is 0 Å². The van der Waals surface area contributed by atoms with E-state index < -0.39 is 22.5 Å². The van der Waals surface area contributed by atoms with E-state index in [-0.39, 0.29) is 0 Å². The van der Waals surface area contributed by atoms with Gasteiger partial charge in [0, 0.05) is 4.47 Å². The summed E-state index contributed by atoms with van der Waals surface area (Å²) in [5.41, 5.74) is 4.42. The van der Waals surface area contributed by atoms with Crippen molar-refractivity contribution in [3.05, 3.63) is 88.4 Å². The molecule has 0 radical (unpaired) electrons. The van der Waals surface area contributed by atoms with Gasteiger partial charge in [0.25, 0.3) is 5.91 Å². The number of amides is 1. The number of anilines is 1. The molecule has 3 aromatic carbocycles. The largest absolute Gasteiger partial charge is 0.493 e. The molecule has 178 valence electrons. The second-order valence-electron chi connectivity index (χ2n) is 7.23. The van der Waals surface area contributed by atoms with E-state index in [1.165, 1.54) is 13.3 Å². The van der Waals surface area contributed by atoms with Crippen molar-refractivity contribution in [1.29, 1.82) is 0 Å². The number of nitrogens with zero attached hydrogens (tertiary/aromatic N) is 2. The Morgan fingerprint density at radius 2 is 1.82 bits per heavy atom. The van der Waals surface area contributed by atoms with E-state index in [4.69, 9.17) is 9.47 Å². The van der Waals surface area contributed by atoms with Gasteiger partial charge >= 0.3 is 0 Å². The Kier molecular flexibility index (Phi) is 8.67. The van der Waals surface area contributed by atoms with E-state index in [1.807, 2.05) is 30.3 Å². The summed E-state index contributed by atoms with van der Waals surface area (Å²) in [6, 6.07) is 21.7. The predicted molar refractivity (Wildman–Crippen MR) is 136 cm³/mol. The highest BCUT2D eigenvalue weighted by Crippen LogP contribution is 2.28. The molecule has 0 unspecified atom stereocenters. The topological polar surface area (TPSA) is 97.3 Å². The van der Waals surface area contributed by atoms with Crippen LogP contribution in [0.4, 0.5) is 5.69 Å². The van der Waals surface area contributed by atoms with Crippen molar-refractivity contribution in [2.24, 2.45) is 5.10 Å². The van der Waals surface area contributed by atoms with Crippen LogP contribution >= 0.6 is 15.9 Å². The summed E-state index contributed by atoms with van der Waals surface area (Å²) >= 11 is 3.30. The summed E-state index contributed by atoms with van der Waals surface area (Å²) in [6.07, 6.45) is 2.48. The SMILES string of the molecule is COc1cc(/C=N\NC(=O)CN(c2cccc(Br)c2)S(C)(=O)=O)ccc1OCc1ccccc1. The number of carbonyl (C=O) groups excluding carboxylic acids is 1. The first-order chi connectivity index (χ1) is 16.3. The number of methoxy groups -OCH3 is 1. The van der Waals surface area contributed by atoms with Gasteiger partial charge in [0.05, 0.1) is 25.3 Å². The van der Waals surface area contributed by atoms with Crippen LogP contribution in [0.15, 0.2) is 82.4 Å². The Hall–Kier alpha value is -3.37. The summed E-state index contributed by atoms with van der Waals surface area (Å²) in [5, 5.41) is 3.93. The normalized spacial score (nSPS) is 11.3. The number of hydrazone groups is 1. The third kappa shape index (κ3) is 7.32. The highest BCUT2D eigenvalue weighted by molar-refractivity contribution is 9.10. The zero-order valence-corrected chi connectivity index (χ0v) is 21.0. The van der Waals surface area contributed by atoms with Gasteiger partial charge < -0.3 is 9.47 Å². The van der Waals surface area contributed by atoms with Gasteiger partial charge in [0.15, 0.2) is 11.5 Å². The van der Waals surface area contributed by atoms with Crippen molar-refractivity contribution in [2.75, 3.05) is 24.2 Å². The zero-order chi connectivity index (χ0) is 24.6. The number of halogens is 1. The fourth-order valence-corrected chi connectivity index (χ4v) is 4.23. The molecule has 34 heavy (non-hydrogen) atoms. The van der Waals surface area contributed by atoms with Crippen LogP contribution < -0.4 is 19.2 Å². The molecule has 0 aliphatic rings. The molecule has 0 atom stereocenters. The summed E-state index contributed by atoms with van der Waals surface area (Å²) in [5.74, 6) is 0.505. The van der Waals surface area contributed by atoms with Crippen LogP contribution in [0.2, 0.25) is 0 Å². The maximum Gasteiger partial charge on any atom is 0.260 e. The molecule has 8 nitrogen and oxygen atoms in total. The lowest BCUT2D eigenvalue weighted by Gasteiger charge is -2.21. The standard InChI is InChI=1S/C24H24BrN3O5S/c1-32-23-13-19(11-12-22(23)33-17-18-7-4-3-5-8-18)15-26-27-24(29)16-28(34(2,30)31)21-10-6-9-20(25)14-21/h3-15H,16-17H2,1-2H3,(H,27,29)/b26-15-. The van der Waals surface area contributed by atoms with Gasteiger partial charge in [-0.3, -0.25) is 9.10 Å². The molecule has 3 rings (SSSR count). The Balaban J connectivity index is 1.62. The second kappa shape index (κ2) is 11.7. The monoisotopic (exact) mass is 545 g/mol. The van der Waals surface area contributed by atoms with E-state index in [9.17, 15) is 13.2 Å². The molecule has 0 saturated heterocycles. The van der Waals surface area contributed by atoms with Crippen LogP contribution in [0.5, 0.6) is 11.5 Å². The molecule has 0 spiro atoms. The molecular weight excluding hydrogens is 522 g/mol. The van der Waals surface area contributed by atoms with Crippen LogP contribution in [-0.2, 0) is 21.4 Å². The molecule has 1 N–H and O–H groups in total. The third-order valence-electron chi connectivity index (χ3n) is 4.61. The fraction of sp³-hybridized carbons (Fsp3) is 0.167. The maximum atomic E-state index is 12.4. The number of nitrogens with one attached hydrogen (secondary N) is 1. The zero-order valence-electron chi connectivity index (χ0n) is 18.6. The van der Waals surface area contributed by atoms with E-state index in [1.54, 1.807) is 42.5 Å². The van der Waals surface area contributed by atoms with Crippen LogP contribution in [-0.4, -0.2) is 40.4 Å². The Morgan fingerprint density at radius 3 is 2.50 bits per heavy atom. The molecule has 0 aliphatic heterocycles. The Labute approximate surface area is 207 Å². The predicted octanol–water partition coefficient (Wildman–Crippen LogP) is 3.95. The van der Waals surface area contributed by atoms with E-state index in [2.05, 4.69) is 26.5 Å². The first-order valence-corrected chi connectivity index (χ1v) is 12.8. The number of ether oxygens (including phenoxy) is 2. The van der Waals surface area contributed by atoms with Crippen LogP contribution in [0, 0.1) is 0 Å². The van der Waals surface area contributed by atoms with Gasteiger partial charge in [-0.15, -0.1) is 0 Å². The quantitative estimate of drug-likeness (QED) is 0.307. The van der Waals surface area contributed by atoms with Gasteiger partial charge in [-0.2, -0.15) is 5.10 Å². The molecule has 3 aromatic rings. The second-order valence-corrected chi connectivity index (χ2v) is 10.0. The van der Waals surface area contributed by atoms with Crippen LogP contribution in [0.1, 0.15) is 11.1 Å². The van der Waals surface area contributed by atoms with E-state index >= 15 is 0 Å². The van der Waals surface area contributed by atoms with E-state index in [0.29, 0.717) is 33.8 Å². The smallest absolute Gasteiger partial charge is 0.260 e. The molecule has 0 heterocycles. The first kappa shape index (κ1) is 25.3. The highest BCUT2D eigenvalue weighted by atomic mass is 79.9. The third-order valence-corrected chi connectivity index (χ3v) is 6.25. The molecular formula is C24H24BrN3O5S. The highest BCUT2D eigenvalue weighted by Gasteiger charge is 2.20. The Bertz CT molecular complexity index is 1270. The van der Waals surface area contributed by atoms with Gasteiger partial charge in [-0.25, -0.2) is 13.8 Å². The minimum Gasteiger partial charge on any atom is -0.493 e. The average molecular weight is 546 g/mol. The van der Waals surface area contributed by atoms with Crippen molar-refractivity contribution in [3.8, 4) is 11.5 Å². The fourth-order valence-electron chi connectivity index (χ4n) is 2.99. The van der Waals surface area contributed by atoms with Crippen molar-refractivity contribution in [3.63, 3.8) is 0 Å². The van der Waals surface area contributed by atoms with Crippen molar-refractivity contribution in [2.45, 2.75) is 6.61 Å². The number of rotatable bonds is 10. The van der Waals surface area contributed by atoms with Gasteiger partial charge in [0.2, 0.25) is 10.0 Å². The first-order valence-electron chi connectivity index (χ1n) is 10.2. The lowest BCUT2D eigenvalue weighted by Crippen LogP contribution is -2.39. The van der Waals surface area contributed by atoms with Crippen LogP contribution in [0.25, 0.3) is 0 Å². The number of sulfonamides is 1. The lowest BCUT2D eigenvalue weighted by molar-refractivity contribution is -0.119. The molecule has 0 saturated carbocycles. The van der Waals surface area contributed by atoms with Gasteiger partial charge in [0.1, 0.15) is 13.2 Å². The summed E-state index contributed by atoms with van der Waals surface area (Å²) < 4.78 is 37.3. The molecule has 0 aromatic heterocycles. The summed E-state index contributed by atoms with van der Waals surface area (Å²) in [7, 11) is -2.14. The number of benzene rings is 3. The minimum absolute atomic E-state index is 0.367. The van der Waals surface area contributed by atoms with Crippen molar-refractivity contribution >= 4 is 43.8 Å². The molecule has 0 bridgehead atoms. The number of hydrogen-bond donors (Lipinski definition) is 1. The van der Waals surface area contributed by atoms with Crippen molar-refractivity contribution in [1.82, 2.24) is 5.43 Å². The van der Waals surface area contributed by atoms with Crippen molar-refractivity contribution < 1.29 is 22.7 Å². The summed E-state index contributed by atoms with van der Waals surface area (Å²) in [4.78, 5) is 12.4. The molecule has 0 aliphatic carbocycles. The number of carbonyl (C=O) groups is 1. The van der Waals surface area contributed by atoms with E-state index in [0.717, 1.165) is 16.1 Å². The maximum absolute atomic E-state index is 12.4.